The Bertz CT molecular complexity index is 598. The van der Waals surface area contributed by atoms with Gasteiger partial charge in [0.1, 0.15) is 0 Å². The van der Waals surface area contributed by atoms with Crippen LogP contribution in [0.2, 0.25) is 0 Å². The quantitative estimate of drug-likeness (QED) is 0.789. The van der Waals surface area contributed by atoms with Crippen LogP contribution in [0.25, 0.3) is 0 Å². The highest BCUT2D eigenvalue weighted by atomic mass is 19.4. The van der Waals surface area contributed by atoms with Crippen molar-refractivity contribution in [2.24, 2.45) is 0 Å². The van der Waals surface area contributed by atoms with Crippen LogP contribution in [-0.4, -0.2) is 36.6 Å². The molecule has 1 atom stereocenters. The Labute approximate surface area is 125 Å². The number of hydrogen-bond acceptors (Lipinski definition) is 3. The lowest BCUT2D eigenvalue weighted by Crippen LogP contribution is -2.45. The van der Waals surface area contributed by atoms with E-state index in [-0.39, 0.29) is 24.6 Å². The van der Waals surface area contributed by atoms with Crippen LogP contribution in [0.4, 0.5) is 13.2 Å². The van der Waals surface area contributed by atoms with Gasteiger partial charge in [0.25, 0.3) is 0 Å². The molecule has 0 N–H and O–H groups in total. The summed E-state index contributed by atoms with van der Waals surface area (Å²) in [6.45, 7) is 1.72. The Hall–Kier alpha value is -2.05. The van der Waals surface area contributed by atoms with Crippen LogP contribution >= 0.6 is 0 Å². The maximum atomic E-state index is 12.6. The number of amides is 1. The third-order valence-electron chi connectivity index (χ3n) is 3.83. The van der Waals surface area contributed by atoms with Crippen molar-refractivity contribution in [1.82, 2.24) is 4.90 Å². The number of alkyl halides is 3. The molecule has 1 aromatic rings. The first-order chi connectivity index (χ1) is 10.3. The summed E-state index contributed by atoms with van der Waals surface area (Å²) in [5.41, 5.74) is 1.69. The number of benzene rings is 1. The standard InChI is InChI=1S/C15H16F3NO3/c1-3-9-7-19(14(21)15(16,17)18)8-11-6-10(13(20)22-2)4-5-12(9)11/h4-6,9H,3,7-8H2,1-2H3. The zero-order chi connectivity index (χ0) is 16.5. The molecule has 0 saturated carbocycles. The van der Waals surface area contributed by atoms with Crippen molar-refractivity contribution in [2.45, 2.75) is 32.0 Å². The van der Waals surface area contributed by atoms with Crippen molar-refractivity contribution in [1.29, 1.82) is 0 Å². The number of halogens is 3. The molecule has 1 aliphatic heterocycles. The highest BCUT2D eigenvalue weighted by Gasteiger charge is 2.44. The van der Waals surface area contributed by atoms with Gasteiger partial charge < -0.3 is 9.64 Å². The second kappa shape index (κ2) is 5.98. The van der Waals surface area contributed by atoms with E-state index in [1.807, 2.05) is 6.92 Å². The van der Waals surface area contributed by atoms with Gasteiger partial charge in [-0.15, -0.1) is 0 Å². The van der Waals surface area contributed by atoms with Gasteiger partial charge in [0.05, 0.1) is 12.7 Å². The first-order valence-corrected chi connectivity index (χ1v) is 6.85. The van der Waals surface area contributed by atoms with Gasteiger partial charge in [0, 0.05) is 19.0 Å². The maximum absolute atomic E-state index is 12.6. The van der Waals surface area contributed by atoms with Gasteiger partial charge in [-0.1, -0.05) is 13.0 Å². The van der Waals surface area contributed by atoms with E-state index >= 15 is 0 Å². The van der Waals surface area contributed by atoms with E-state index < -0.39 is 18.1 Å². The Morgan fingerprint density at radius 3 is 2.59 bits per heavy atom. The summed E-state index contributed by atoms with van der Waals surface area (Å²) in [4.78, 5) is 23.8. The van der Waals surface area contributed by atoms with Crippen molar-refractivity contribution in [3.05, 3.63) is 34.9 Å². The van der Waals surface area contributed by atoms with Gasteiger partial charge in [-0.05, 0) is 29.7 Å². The number of methoxy groups -OCH3 is 1. The van der Waals surface area contributed by atoms with Gasteiger partial charge >= 0.3 is 18.1 Å². The molecule has 0 radical (unpaired) electrons. The molecule has 2 rings (SSSR count). The molecule has 4 nitrogen and oxygen atoms in total. The van der Waals surface area contributed by atoms with E-state index in [0.29, 0.717) is 12.0 Å². The number of rotatable bonds is 2. The van der Waals surface area contributed by atoms with Crippen LogP contribution in [0.5, 0.6) is 0 Å². The molecule has 7 heteroatoms. The van der Waals surface area contributed by atoms with Crippen molar-refractivity contribution >= 4 is 11.9 Å². The van der Waals surface area contributed by atoms with E-state index in [1.54, 1.807) is 12.1 Å². The highest BCUT2D eigenvalue weighted by molar-refractivity contribution is 5.89. The number of nitrogens with zero attached hydrogens (tertiary/aromatic N) is 1. The summed E-state index contributed by atoms with van der Waals surface area (Å²) in [6, 6.07) is 4.82. The minimum atomic E-state index is -4.89. The molecule has 1 heterocycles. The number of carbonyl (C=O) groups is 2. The van der Waals surface area contributed by atoms with Gasteiger partial charge in [-0.3, -0.25) is 4.79 Å². The Balaban J connectivity index is 2.37. The van der Waals surface area contributed by atoms with Crippen LogP contribution in [0.3, 0.4) is 0 Å². The molecule has 0 saturated heterocycles. The van der Waals surface area contributed by atoms with Crippen molar-refractivity contribution in [3.8, 4) is 0 Å². The maximum Gasteiger partial charge on any atom is 0.471 e. The van der Waals surface area contributed by atoms with E-state index in [9.17, 15) is 22.8 Å². The minimum Gasteiger partial charge on any atom is -0.465 e. The predicted molar refractivity (Wildman–Crippen MR) is 72.3 cm³/mol. The van der Waals surface area contributed by atoms with Crippen LogP contribution in [-0.2, 0) is 16.1 Å². The van der Waals surface area contributed by atoms with Gasteiger partial charge in [0.15, 0.2) is 0 Å². The SMILES string of the molecule is CCC1CN(C(=O)C(F)(F)F)Cc2cc(C(=O)OC)ccc21. The number of ether oxygens (including phenoxy) is 1. The molecule has 1 unspecified atom stereocenters. The number of carbonyl (C=O) groups excluding carboxylic acids is 2. The van der Waals surface area contributed by atoms with Gasteiger partial charge in [0.2, 0.25) is 0 Å². The van der Waals surface area contributed by atoms with Crippen molar-refractivity contribution in [2.75, 3.05) is 13.7 Å². The Morgan fingerprint density at radius 1 is 1.36 bits per heavy atom. The summed E-state index contributed by atoms with van der Waals surface area (Å²) in [7, 11) is 1.23. The van der Waals surface area contributed by atoms with E-state index in [2.05, 4.69) is 4.74 Å². The molecule has 0 aliphatic carbocycles. The third kappa shape index (κ3) is 3.08. The molecule has 0 bridgehead atoms. The smallest absolute Gasteiger partial charge is 0.465 e. The van der Waals surface area contributed by atoms with Crippen LogP contribution in [0.15, 0.2) is 18.2 Å². The van der Waals surface area contributed by atoms with Crippen molar-refractivity contribution in [3.63, 3.8) is 0 Å². The number of fused-ring (bicyclic) bond motifs is 1. The minimum absolute atomic E-state index is 0.0272. The third-order valence-corrected chi connectivity index (χ3v) is 3.83. The normalized spacial score (nSPS) is 17.9. The summed E-state index contributed by atoms with van der Waals surface area (Å²) in [5, 5.41) is 0. The summed E-state index contributed by atoms with van der Waals surface area (Å²) < 4.78 is 42.5. The molecule has 120 valence electrons. The summed E-state index contributed by atoms with van der Waals surface area (Å²) in [5.74, 6) is -2.59. The second-order valence-corrected chi connectivity index (χ2v) is 5.19. The van der Waals surface area contributed by atoms with Crippen LogP contribution in [0.1, 0.15) is 40.7 Å². The Morgan fingerprint density at radius 2 is 2.05 bits per heavy atom. The summed E-state index contributed by atoms with van der Waals surface area (Å²) in [6.07, 6.45) is -4.29. The molecule has 1 aliphatic rings. The zero-order valence-electron chi connectivity index (χ0n) is 12.2. The van der Waals surface area contributed by atoms with Crippen molar-refractivity contribution < 1.29 is 27.5 Å². The largest absolute Gasteiger partial charge is 0.471 e. The van der Waals surface area contributed by atoms with E-state index in [4.69, 9.17) is 0 Å². The monoisotopic (exact) mass is 315 g/mol. The lowest BCUT2D eigenvalue weighted by atomic mass is 9.87. The van der Waals surface area contributed by atoms with Gasteiger partial charge in [-0.2, -0.15) is 13.2 Å². The molecule has 1 amide bonds. The summed E-state index contributed by atoms with van der Waals surface area (Å²) >= 11 is 0. The number of hydrogen-bond donors (Lipinski definition) is 0. The van der Waals surface area contributed by atoms with E-state index in [0.717, 1.165) is 10.5 Å². The Kier molecular flexibility index (Phi) is 4.44. The lowest BCUT2D eigenvalue weighted by Gasteiger charge is -2.34. The molecule has 1 aromatic carbocycles. The fourth-order valence-corrected chi connectivity index (χ4v) is 2.70. The first-order valence-electron chi connectivity index (χ1n) is 6.85. The topological polar surface area (TPSA) is 46.6 Å². The molecular formula is C15H16F3NO3. The predicted octanol–water partition coefficient (Wildman–Crippen LogP) is 2.87. The van der Waals surface area contributed by atoms with Gasteiger partial charge in [-0.25, -0.2) is 4.79 Å². The molecule has 0 spiro atoms. The van der Waals surface area contributed by atoms with Crippen LogP contribution in [0, 0.1) is 0 Å². The number of esters is 1. The zero-order valence-corrected chi connectivity index (χ0v) is 12.2. The highest BCUT2D eigenvalue weighted by Crippen LogP contribution is 2.33. The second-order valence-electron chi connectivity index (χ2n) is 5.19. The van der Waals surface area contributed by atoms with Crippen LogP contribution < -0.4 is 0 Å². The lowest BCUT2D eigenvalue weighted by molar-refractivity contribution is -0.186. The average molecular weight is 315 g/mol. The fourth-order valence-electron chi connectivity index (χ4n) is 2.70. The molecular weight excluding hydrogens is 299 g/mol. The van der Waals surface area contributed by atoms with E-state index in [1.165, 1.54) is 13.2 Å². The average Bonchev–Trinajstić information content (AvgIpc) is 2.50. The first kappa shape index (κ1) is 16.3. The molecule has 22 heavy (non-hydrogen) atoms. The molecule has 0 fully saturated rings. The molecule has 0 aromatic heterocycles. The fraction of sp³-hybridized carbons (Fsp3) is 0.467.